The molecule has 5 nitrogen and oxygen atoms in total. The second-order valence-corrected chi connectivity index (χ2v) is 7.31. The van der Waals surface area contributed by atoms with E-state index in [-0.39, 0.29) is 29.4 Å². The Bertz CT molecular complexity index is 885. The van der Waals surface area contributed by atoms with Gasteiger partial charge in [-0.25, -0.2) is 9.69 Å². The van der Waals surface area contributed by atoms with E-state index in [1.807, 2.05) is 0 Å². The van der Waals surface area contributed by atoms with E-state index < -0.39 is 5.97 Å². The number of carbonyl (C=O) groups excluding carboxylic acids is 3. The summed E-state index contributed by atoms with van der Waals surface area (Å²) in [5.74, 6) is -1.29. The predicted molar refractivity (Wildman–Crippen MR) is 101 cm³/mol. The average molecular weight is 384 g/mol. The summed E-state index contributed by atoms with van der Waals surface area (Å²) < 4.78 is 5.51. The number of hydrogen-bond donors (Lipinski definition) is 0. The lowest BCUT2D eigenvalue weighted by atomic mass is 9.81. The second kappa shape index (κ2) is 7.16. The molecule has 2 fully saturated rings. The molecule has 0 spiro atoms. The summed E-state index contributed by atoms with van der Waals surface area (Å²) in [7, 11) is 0. The third kappa shape index (κ3) is 3.23. The fourth-order valence-corrected chi connectivity index (χ4v) is 4.00. The third-order valence-electron chi connectivity index (χ3n) is 5.23. The third-order valence-corrected chi connectivity index (χ3v) is 5.48. The molecule has 2 atom stereocenters. The zero-order valence-corrected chi connectivity index (χ0v) is 15.3. The van der Waals surface area contributed by atoms with E-state index in [1.54, 1.807) is 48.5 Å². The number of rotatable bonds is 3. The highest BCUT2D eigenvalue weighted by atomic mass is 35.5. The van der Waals surface area contributed by atoms with Crippen LogP contribution in [-0.4, -0.2) is 17.8 Å². The zero-order valence-electron chi connectivity index (χ0n) is 14.6. The summed E-state index contributed by atoms with van der Waals surface area (Å²) in [5, 5.41) is 0.516. The molecule has 2 aliphatic rings. The largest absolute Gasteiger partial charge is 0.421 e. The van der Waals surface area contributed by atoms with Crippen molar-refractivity contribution in [3.63, 3.8) is 0 Å². The van der Waals surface area contributed by atoms with E-state index in [1.165, 1.54) is 4.90 Å². The van der Waals surface area contributed by atoms with Crippen LogP contribution < -0.4 is 9.64 Å². The molecule has 4 rings (SSSR count). The minimum absolute atomic E-state index is 0.192. The molecule has 0 N–H and O–H groups in total. The number of para-hydroxylation sites is 2. The first-order valence-electron chi connectivity index (χ1n) is 9.01. The summed E-state index contributed by atoms with van der Waals surface area (Å²) in [4.78, 5) is 39.3. The molecule has 0 radical (unpaired) electrons. The van der Waals surface area contributed by atoms with Gasteiger partial charge in [-0.2, -0.15) is 0 Å². The predicted octanol–water partition coefficient (Wildman–Crippen LogP) is 4.24. The van der Waals surface area contributed by atoms with Gasteiger partial charge < -0.3 is 4.74 Å². The molecule has 2 aromatic rings. The highest BCUT2D eigenvalue weighted by Gasteiger charge is 2.49. The number of esters is 1. The summed E-state index contributed by atoms with van der Waals surface area (Å²) in [6.07, 6.45) is 3.39. The van der Waals surface area contributed by atoms with Gasteiger partial charge in [0.2, 0.25) is 11.8 Å². The van der Waals surface area contributed by atoms with Crippen LogP contribution in [-0.2, 0) is 9.59 Å². The molecule has 2 amide bonds. The number of benzene rings is 2. The molecule has 1 saturated heterocycles. The summed E-state index contributed by atoms with van der Waals surface area (Å²) in [6.45, 7) is 0. The fourth-order valence-electron chi connectivity index (χ4n) is 3.87. The van der Waals surface area contributed by atoms with Crippen LogP contribution in [0.25, 0.3) is 0 Å². The number of ether oxygens (including phenoxy) is 1. The number of hydrogen-bond acceptors (Lipinski definition) is 4. The van der Waals surface area contributed by atoms with E-state index in [0.29, 0.717) is 16.3 Å². The minimum atomic E-state index is -0.573. The molecule has 0 bridgehead atoms. The number of imide groups is 1. The summed E-state index contributed by atoms with van der Waals surface area (Å²) in [6, 6.07) is 13.0. The fraction of sp³-hybridized carbons (Fsp3) is 0.286. The van der Waals surface area contributed by atoms with Crippen LogP contribution in [0, 0.1) is 11.8 Å². The van der Waals surface area contributed by atoms with Gasteiger partial charge in [0.15, 0.2) is 5.75 Å². The van der Waals surface area contributed by atoms with Gasteiger partial charge in [-0.05, 0) is 49.2 Å². The summed E-state index contributed by atoms with van der Waals surface area (Å²) in [5.41, 5.74) is 0.658. The quantitative estimate of drug-likeness (QED) is 0.452. The lowest BCUT2D eigenvalue weighted by Gasteiger charge is -2.19. The van der Waals surface area contributed by atoms with E-state index in [0.717, 1.165) is 25.7 Å². The topological polar surface area (TPSA) is 63.7 Å². The van der Waals surface area contributed by atoms with Crippen LogP contribution in [0.15, 0.2) is 48.5 Å². The van der Waals surface area contributed by atoms with Gasteiger partial charge in [-0.15, -0.1) is 0 Å². The van der Waals surface area contributed by atoms with Crippen LogP contribution in [0.2, 0.25) is 5.02 Å². The number of halogens is 1. The van der Waals surface area contributed by atoms with Gasteiger partial charge in [-0.3, -0.25) is 9.59 Å². The maximum Gasteiger partial charge on any atom is 0.343 e. The van der Waals surface area contributed by atoms with Gasteiger partial charge in [0.25, 0.3) is 0 Å². The zero-order chi connectivity index (χ0) is 19.0. The SMILES string of the molecule is O=C(Oc1ccccc1N1C(=O)[C@H]2CCCC[C@@H]2C1=O)c1ccc(Cl)cc1. The van der Waals surface area contributed by atoms with E-state index in [4.69, 9.17) is 16.3 Å². The number of anilines is 1. The molecule has 6 heteroatoms. The van der Waals surface area contributed by atoms with Crippen molar-refractivity contribution in [2.75, 3.05) is 4.90 Å². The molecule has 1 saturated carbocycles. The Labute approximate surface area is 161 Å². The Morgan fingerprint density at radius 3 is 2.15 bits per heavy atom. The number of carbonyl (C=O) groups is 3. The smallest absolute Gasteiger partial charge is 0.343 e. The Balaban J connectivity index is 1.63. The highest BCUT2D eigenvalue weighted by Crippen LogP contribution is 2.42. The normalized spacial score (nSPS) is 21.9. The standard InChI is InChI=1S/C21H18ClNO4/c22-14-11-9-13(10-12-14)21(26)27-18-8-4-3-7-17(18)23-19(24)15-5-1-2-6-16(15)20(23)25/h3-4,7-12,15-16H,1-2,5-6H2/t15-,16-/m0/s1. The van der Waals surface area contributed by atoms with E-state index >= 15 is 0 Å². The van der Waals surface area contributed by atoms with Crippen molar-refractivity contribution in [2.45, 2.75) is 25.7 Å². The maximum absolute atomic E-state index is 12.8. The van der Waals surface area contributed by atoms with Gasteiger partial charge in [0, 0.05) is 5.02 Å². The van der Waals surface area contributed by atoms with Crippen LogP contribution in [0.5, 0.6) is 5.75 Å². The molecular formula is C21H18ClNO4. The van der Waals surface area contributed by atoms with Crippen LogP contribution >= 0.6 is 11.6 Å². The van der Waals surface area contributed by atoms with Crippen LogP contribution in [0.4, 0.5) is 5.69 Å². The van der Waals surface area contributed by atoms with Gasteiger partial charge >= 0.3 is 5.97 Å². The Kier molecular flexibility index (Phi) is 4.70. The van der Waals surface area contributed by atoms with E-state index in [2.05, 4.69) is 0 Å². The Hall–Kier alpha value is -2.66. The second-order valence-electron chi connectivity index (χ2n) is 6.87. The first-order chi connectivity index (χ1) is 13.1. The van der Waals surface area contributed by atoms with Crippen LogP contribution in [0.3, 0.4) is 0 Å². The van der Waals surface area contributed by atoms with E-state index in [9.17, 15) is 14.4 Å². The lowest BCUT2D eigenvalue weighted by Crippen LogP contribution is -2.31. The van der Waals surface area contributed by atoms with Crippen molar-refractivity contribution >= 4 is 35.1 Å². The monoisotopic (exact) mass is 383 g/mol. The molecule has 1 heterocycles. The Morgan fingerprint density at radius 1 is 0.926 bits per heavy atom. The Morgan fingerprint density at radius 2 is 1.52 bits per heavy atom. The molecule has 1 aliphatic carbocycles. The molecule has 27 heavy (non-hydrogen) atoms. The average Bonchev–Trinajstić information content (AvgIpc) is 2.94. The molecule has 1 aliphatic heterocycles. The summed E-state index contributed by atoms with van der Waals surface area (Å²) >= 11 is 5.85. The first kappa shape index (κ1) is 17.7. The van der Waals surface area contributed by atoms with Crippen LogP contribution in [0.1, 0.15) is 36.0 Å². The minimum Gasteiger partial charge on any atom is -0.421 e. The van der Waals surface area contributed by atoms with Gasteiger partial charge in [0.05, 0.1) is 23.1 Å². The number of amides is 2. The van der Waals surface area contributed by atoms with Gasteiger partial charge in [0.1, 0.15) is 0 Å². The molecule has 2 aromatic carbocycles. The van der Waals surface area contributed by atoms with Gasteiger partial charge in [-0.1, -0.05) is 36.6 Å². The molecule has 0 unspecified atom stereocenters. The first-order valence-corrected chi connectivity index (χ1v) is 9.38. The van der Waals surface area contributed by atoms with Crippen molar-refractivity contribution in [1.82, 2.24) is 0 Å². The molecule has 138 valence electrons. The number of fused-ring (bicyclic) bond motifs is 1. The maximum atomic E-state index is 12.8. The number of nitrogens with zero attached hydrogens (tertiary/aromatic N) is 1. The van der Waals surface area contributed by atoms with Crippen molar-refractivity contribution in [2.24, 2.45) is 11.8 Å². The van der Waals surface area contributed by atoms with Crippen molar-refractivity contribution < 1.29 is 19.1 Å². The molecular weight excluding hydrogens is 366 g/mol. The molecule has 0 aromatic heterocycles. The van der Waals surface area contributed by atoms with Crippen molar-refractivity contribution in [1.29, 1.82) is 0 Å². The van der Waals surface area contributed by atoms with Crippen molar-refractivity contribution in [3.05, 3.63) is 59.1 Å². The van der Waals surface area contributed by atoms with Crippen molar-refractivity contribution in [3.8, 4) is 5.75 Å². The highest BCUT2D eigenvalue weighted by molar-refractivity contribution is 6.30. The lowest BCUT2D eigenvalue weighted by molar-refractivity contribution is -0.122.